The lowest BCUT2D eigenvalue weighted by Crippen LogP contribution is -2.60. The molecule has 0 aromatic carbocycles. The van der Waals surface area contributed by atoms with Crippen LogP contribution in [0.5, 0.6) is 0 Å². The normalized spacial score (nSPS) is 20.9. The SMILES string of the molecule is CCCCC/C=C\C/C=C\CCCCCCCC(=O)OC[C@@H](CO[C@H]1O[C@H](CS(=O)(=O)O)[C@@H](O)[C@H](O)[C@H]1O)OC(=O)CCCCCCCCCCCCCCC. The van der Waals surface area contributed by atoms with Crippen LogP contribution in [0, 0.1) is 0 Å². The molecule has 1 rings (SSSR count). The van der Waals surface area contributed by atoms with Crippen molar-refractivity contribution in [3.63, 3.8) is 0 Å². The Hall–Kier alpha value is -1.87. The third-order valence-electron chi connectivity index (χ3n) is 10.0. The van der Waals surface area contributed by atoms with E-state index >= 15 is 0 Å². The third kappa shape index (κ3) is 28.5. The monoisotopic (exact) mass is 819 g/mol. The summed E-state index contributed by atoms with van der Waals surface area (Å²) in [5.74, 6) is -1.99. The van der Waals surface area contributed by atoms with Crippen LogP contribution in [0.4, 0.5) is 0 Å². The molecule has 4 N–H and O–H groups in total. The van der Waals surface area contributed by atoms with Gasteiger partial charge >= 0.3 is 11.9 Å². The topological polar surface area (TPSA) is 186 Å². The summed E-state index contributed by atoms with van der Waals surface area (Å²) < 4.78 is 54.0. The number of ether oxygens (including phenoxy) is 4. The van der Waals surface area contributed by atoms with Crippen LogP contribution in [0.15, 0.2) is 24.3 Å². The van der Waals surface area contributed by atoms with E-state index in [1.807, 2.05) is 0 Å². The van der Waals surface area contributed by atoms with Crippen molar-refractivity contribution in [3.05, 3.63) is 24.3 Å². The number of rotatable bonds is 36. The summed E-state index contributed by atoms with van der Waals surface area (Å²) in [5.41, 5.74) is 0. The number of hydrogen-bond donors (Lipinski definition) is 4. The molecule has 56 heavy (non-hydrogen) atoms. The van der Waals surface area contributed by atoms with Crippen molar-refractivity contribution in [3.8, 4) is 0 Å². The quantitative estimate of drug-likeness (QED) is 0.0205. The van der Waals surface area contributed by atoms with Crippen LogP contribution in [0.2, 0.25) is 0 Å². The summed E-state index contributed by atoms with van der Waals surface area (Å²) in [7, 11) is -4.60. The van der Waals surface area contributed by atoms with Gasteiger partial charge in [0, 0.05) is 12.8 Å². The molecule has 12 nitrogen and oxygen atoms in total. The second kappa shape index (κ2) is 34.0. The van der Waals surface area contributed by atoms with Gasteiger partial charge in [-0.1, -0.05) is 147 Å². The largest absolute Gasteiger partial charge is 0.462 e. The first-order valence-electron chi connectivity index (χ1n) is 21.9. The fraction of sp³-hybridized carbons (Fsp3) is 0.860. The van der Waals surface area contributed by atoms with Gasteiger partial charge in [0.1, 0.15) is 36.8 Å². The Kier molecular flexibility index (Phi) is 31.7. The number of carbonyl (C=O) groups is 2. The molecular weight excluding hydrogens is 741 g/mol. The molecule has 0 aromatic rings. The van der Waals surface area contributed by atoms with Gasteiger partial charge in [-0.25, -0.2) is 0 Å². The number of carbonyl (C=O) groups excluding carboxylic acids is 2. The Morgan fingerprint density at radius 3 is 1.61 bits per heavy atom. The van der Waals surface area contributed by atoms with Crippen LogP contribution in [-0.4, -0.2) is 96.0 Å². The first kappa shape index (κ1) is 52.1. The van der Waals surface area contributed by atoms with Crippen molar-refractivity contribution >= 4 is 22.1 Å². The maximum atomic E-state index is 12.8. The Labute approximate surface area is 338 Å². The predicted molar refractivity (Wildman–Crippen MR) is 220 cm³/mol. The minimum absolute atomic E-state index is 0.165. The molecule has 1 heterocycles. The van der Waals surface area contributed by atoms with Gasteiger partial charge in [0.2, 0.25) is 0 Å². The van der Waals surface area contributed by atoms with Crippen molar-refractivity contribution in [1.82, 2.24) is 0 Å². The summed E-state index contributed by atoms with van der Waals surface area (Å²) in [5, 5.41) is 30.8. The molecule has 0 saturated carbocycles. The van der Waals surface area contributed by atoms with E-state index in [1.165, 1.54) is 77.0 Å². The molecule has 1 aliphatic heterocycles. The minimum Gasteiger partial charge on any atom is -0.462 e. The van der Waals surface area contributed by atoms with Gasteiger partial charge in [0.25, 0.3) is 10.1 Å². The Morgan fingerprint density at radius 1 is 0.607 bits per heavy atom. The highest BCUT2D eigenvalue weighted by atomic mass is 32.2. The molecule has 0 spiro atoms. The summed E-state index contributed by atoms with van der Waals surface area (Å²) in [6, 6.07) is 0. The molecule has 328 valence electrons. The predicted octanol–water partition coefficient (Wildman–Crippen LogP) is 8.45. The van der Waals surface area contributed by atoms with E-state index in [9.17, 15) is 37.9 Å². The average molecular weight is 819 g/mol. The molecule has 0 bridgehead atoms. The lowest BCUT2D eigenvalue weighted by atomic mass is 10.00. The summed E-state index contributed by atoms with van der Waals surface area (Å²) in [6.07, 6.45) is 26.5. The highest BCUT2D eigenvalue weighted by Crippen LogP contribution is 2.24. The van der Waals surface area contributed by atoms with Gasteiger partial charge in [0.05, 0.1) is 6.61 Å². The van der Waals surface area contributed by atoms with Crippen molar-refractivity contribution in [1.29, 1.82) is 0 Å². The number of aliphatic hydroxyl groups is 3. The van der Waals surface area contributed by atoms with E-state index in [2.05, 4.69) is 38.2 Å². The van der Waals surface area contributed by atoms with Gasteiger partial charge in [-0.2, -0.15) is 8.42 Å². The van der Waals surface area contributed by atoms with Gasteiger partial charge in [-0.05, 0) is 44.9 Å². The zero-order valence-electron chi connectivity index (χ0n) is 34.7. The molecule has 1 saturated heterocycles. The molecule has 1 aliphatic rings. The fourth-order valence-corrected chi connectivity index (χ4v) is 7.28. The molecule has 0 radical (unpaired) electrons. The summed E-state index contributed by atoms with van der Waals surface area (Å²) in [6.45, 7) is 3.71. The van der Waals surface area contributed by atoms with Crippen LogP contribution in [0.1, 0.15) is 181 Å². The van der Waals surface area contributed by atoms with E-state index in [0.717, 1.165) is 64.2 Å². The Morgan fingerprint density at radius 2 is 1.07 bits per heavy atom. The Bertz CT molecular complexity index is 1140. The second-order valence-corrected chi connectivity index (χ2v) is 16.9. The summed E-state index contributed by atoms with van der Waals surface area (Å²) >= 11 is 0. The van der Waals surface area contributed by atoms with Crippen molar-refractivity contribution in [2.45, 2.75) is 218 Å². The smallest absolute Gasteiger partial charge is 0.306 e. The van der Waals surface area contributed by atoms with Gasteiger partial charge in [0.15, 0.2) is 12.4 Å². The number of aliphatic hydroxyl groups excluding tert-OH is 3. The minimum atomic E-state index is -4.60. The lowest BCUT2D eigenvalue weighted by molar-refractivity contribution is -0.297. The zero-order chi connectivity index (χ0) is 41.3. The second-order valence-electron chi connectivity index (χ2n) is 15.4. The van der Waals surface area contributed by atoms with Crippen LogP contribution in [0.3, 0.4) is 0 Å². The van der Waals surface area contributed by atoms with Crippen molar-refractivity contribution < 1.29 is 56.8 Å². The highest BCUT2D eigenvalue weighted by Gasteiger charge is 2.46. The fourth-order valence-electron chi connectivity index (χ4n) is 6.59. The van der Waals surface area contributed by atoms with E-state index in [-0.39, 0.29) is 19.4 Å². The summed E-state index contributed by atoms with van der Waals surface area (Å²) in [4.78, 5) is 25.3. The molecular formula is C43H78O12S. The van der Waals surface area contributed by atoms with Crippen LogP contribution >= 0.6 is 0 Å². The van der Waals surface area contributed by atoms with Crippen LogP contribution in [0.25, 0.3) is 0 Å². The Balaban J connectivity index is 2.47. The number of allylic oxidation sites excluding steroid dienone is 4. The standard InChI is InChI=1S/C43H78O12S/c1-3-5-7-9-11-13-15-17-18-20-21-23-25-27-29-31-38(44)52-33-36(34-53-43-42(48)41(47)40(46)37(55-43)35-56(49,50)51)54-39(45)32-30-28-26-24-22-19-16-14-12-10-8-6-4-2/h11,13,17-18,36-37,40-43,46-48H,3-10,12,14-16,19-35H2,1-2H3,(H,49,50,51)/b13-11-,18-17-/t36-,37+,40+,41-,42+,43-/m0/s1. The highest BCUT2D eigenvalue weighted by molar-refractivity contribution is 7.85. The molecule has 0 unspecified atom stereocenters. The number of hydrogen-bond acceptors (Lipinski definition) is 11. The molecule has 1 fully saturated rings. The van der Waals surface area contributed by atoms with Gasteiger partial charge in [-0.15, -0.1) is 0 Å². The third-order valence-corrected chi connectivity index (χ3v) is 10.8. The maximum absolute atomic E-state index is 12.8. The zero-order valence-corrected chi connectivity index (χ0v) is 35.6. The molecule has 0 amide bonds. The van der Waals surface area contributed by atoms with Crippen LogP contribution in [-0.2, 0) is 38.7 Å². The molecule has 0 aromatic heterocycles. The molecule has 6 atom stereocenters. The van der Waals surface area contributed by atoms with Crippen molar-refractivity contribution in [2.24, 2.45) is 0 Å². The van der Waals surface area contributed by atoms with Gasteiger partial charge in [-0.3, -0.25) is 14.1 Å². The van der Waals surface area contributed by atoms with E-state index in [0.29, 0.717) is 12.8 Å². The first-order valence-corrected chi connectivity index (χ1v) is 23.5. The van der Waals surface area contributed by atoms with Crippen molar-refractivity contribution in [2.75, 3.05) is 19.0 Å². The molecule has 13 heteroatoms. The van der Waals surface area contributed by atoms with E-state index in [4.69, 9.17) is 18.9 Å². The maximum Gasteiger partial charge on any atom is 0.306 e. The number of unbranched alkanes of at least 4 members (excludes halogenated alkanes) is 20. The number of esters is 2. The van der Waals surface area contributed by atoms with Gasteiger partial charge < -0.3 is 34.3 Å². The average Bonchev–Trinajstić information content (AvgIpc) is 3.16. The first-order chi connectivity index (χ1) is 27.0. The van der Waals surface area contributed by atoms with Crippen LogP contribution < -0.4 is 0 Å². The van der Waals surface area contributed by atoms with E-state index < -0.39 is 71.2 Å². The van der Waals surface area contributed by atoms with E-state index in [1.54, 1.807) is 0 Å². The lowest BCUT2D eigenvalue weighted by Gasteiger charge is -2.40. The molecule has 0 aliphatic carbocycles.